The van der Waals surface area contributed by atoms with Gasteiger partial charge in [-0.25, -0.2) is 4.68 Å². The Morgan fingerprint density at radius 2 is 1.73 bits per heavy atom. The van der Waals surface area contributed by atoms with E-state index in [1.165, 1.54) is 10.7 Å². The minimum Gasteiger partial charge on any atom is -0.497 e. The number of hydrogen-bond donors (Lipinski definition) is 0. The first kappa shape index (κ1) is 14.0. The quantitative estimate of drug-likeness (QED) is 0.741. The summed E-state index contributed by atoms with van der Waals surface area (Å²) >= 11 is 0. The SMILES string of the molecule is COc1ccc(-c2ccc(=O)n(Cc3ccncc3)n2)cc1. The first-order valence-electron chi connectivity index (χ1n) is 6.88. The maximum atomic E-state index is 12.0. The highest BCUT2D eigenvalue weighted by atomic mass is 16.5. The van der Waals surface area contributed by atoms with Crippen molar-refractivity contribution in [2.45, 2.75) is 6.54 Å². The predicted octanol–water partition coefficient (Wildman–Crippen LogP) is 2.36. The molecular formula is C17H15N3O2. The standard InChI is InChI=1S/C17H15N3O2/c1-22-15-4-2-14(3-5-15)16-6-7-17(21)20(19-16)12-13-8-10-18-11-9-13/h2-11H,12H2,1H3. The molecule has 0 aliphatic heterocycles. The predicted molar refractivity (Wildman–Crippen MR) is 83.8 cm³/mol. The summed E-state index contributed by atoms with van der Waals surface area (Å²) in [5.41, 5.74) is 2.53. The third kappa shape index (κ3) is 3.03. The van der Waals surface area contributed by atoms with Gasteiger partial charge in [-0.05, 0) is 48.0 Å². The van der Waals surface area contributed by atoms with Crippen molar-refractivity contribution in [3.05, 3.63) is 76.8 Å². The molecule has 0 saturated heterocycles. The van der Waals surface area contributed by atoms with E-state index in [9.17, 15) is 4.79 Å². The van der Waals surface area contributed by atoms with Crippen molar-refractivity contribution in [3.8, 4) is 17.0 Å². The molecule has 0 amide bonds. The summed E-state index contributed by atoms with van der Waals surface area (Å²) in [5.74, 6) is 0.786. The lowest BCUT2D eigenvalue weighted by Crippen LogP contribution is -2.22. The van der Waals surface area contributed by atoms with Gasteiger partial charge in [0.25, 0.3) is 5.56 Å². The number of hydrogen-bond acceptors (Lipinski definition) is 4. The molecule has 5 heteroatoms. The number of ether oxygens (including phenoxy) is 1. The van der Waals surface area contributed by atoms with E-state index in [2.05, 4.69) is 10.1 Å². The lowest BCUT2D eigenvalue weighted by Gasteiger charge is -2.08. The molecular weight excluding hydrogens is 278 g/mol. The Morgan fingerprint density at radius 1 is 1.00 bits per heavy atom. The molecule has 3 rings (SSSR count). The number of benzene rings is 1. The van der Waals surface area contributed by atoms with Crippen molar-refractivity contribution in [2.24, 2.45) is 0 Å². The zero-order chi connectivity index (χ0) is 15.4. The fourth-order valence-corrected chi connectivity index (χ4v) is 2.14. The fourth-order valence-electron chi connectivity index (χ4n) is 2.14. The van der Waals surface area contributed by atoms with Gasteiger partial charge in [-0.1, -0.05) is 0 Å². The van der Waals surface area contributed by atoms with E-state index in [0.29, 0.717) is 6.54 Å². The smallest absolute Gasteiger partial charge is 0.267 e. The second-order valence-electron chi connectivity index (χ2n) is 4.80. The van der Waals surface area contributed by atoms with Gasteiger partial charge in [0, 0.05) is 24.0 Å². The van der Waals surface area contributed by atoms with Crippen LogP contribution in [0, 0.1) is 0 Å². The molecule has 0 radical (unpaired) electrons. The molecule has 0 bridgehead atoms. The highest BCUT2D eigenvalue weighted by Gasteiger charge is 2.04. The number of aromatic nitrogens is 3. The maximum Gasteiger partial charge on any atom is 0.267 e. The number of methoxy groups -OCH3 is 1. The second kappa shape index (κ2) is 6.22. The maximum absolute atomic E-state index is 12.0. The number of rotatable bonds is 4. The molecule has 0 N–H and O–H groups in total. The average molecular weight is 293 g/mol. The normalized spacial score (nSPS) is 10.4. The zero-order valence-electron chi connectivity index (χ0n) is 12.1. The van der Waals surface area contributed by atoms with Crippen LogP contribution in [-0.4, -0.2) is 21.9 Å². The third-order valence-corrected chi connectivity index (χ3v) is 3.33. The van der Waals surface area contributed by atoms with E-state index in [-0.39, 0.29) is 5.56 Å². The number of nitrogens with zero attached hydrogens (tertiary/aromatic N) is 3. The first-order chi connectivity index (χ1) is 10.8. The molecule has 3 aromatic rings. The molecule has 0 saturated carbocycles. The van der Waals surface area contributed by atoms with Crippen molar-refractivity contribution < 1.29 is 4.74 Å². The van der Waals surface area contributed by atoms with Crippen LogP contribution in [0.2, 0.25) is 0 Å². The molecule has 0 fully saturated rings. The molecule has 0 spiro atoms. The van der Waals surface area contributed by atoms with Crippen LogP contribution in [0.1, 0.15) is 5.56 Å². The van der Waals surface area contributed by atoms with Crippen LogP contribution < -0.4 is 10.3 Å². The molecule has 5 nitrogen and oxygen atoms in total. The van der Waals surface area contributed by atoms with Gasteiger partial charge in [0.1, 0.15) is 5.75 Å². The van der Waals surface area contributed by atoms with Crippen LogP contribution in [0.15, 0.2) is 65.7 Å². The zero-order valence-corrected chi connectivity index (χ0v) is 12.1. The van der Waals surface area contributed by atoms with Crippen LogP contribution in [0.25, 0.3) is 11.3 Å². The fraction of sp³-hybridized carbons (Fsp3) is 0.118. The summed E-state index contributed by atoms with van der Waals surface area (Å²) in [6.07, 6.45) is 3.40. The minimum atomic E-state index is -0.130. The minimum absolute atomic E-state index is 0.130. The largest absolute Gasteiger partial charge is 0.497 e. The summed E-state index contributed by atoms with van der Waals surface area (Å²) < 4.78 is 6.60. The van der Waals surface area contributed by atoms with E-state index >= 15 is 0 Å². The third-order valence-electron chi connectivity index (χ3n) is 3.33. The van der Waals surface area contributed by atoms with Gasteiger partial charge in [0.05, 0.1) is 19.3 Å². The highest BCUT2D eigenvalue weighted by molar-refractivity contribution is 5.59. The van der Waals surface area contributed by atoms with Crippen LogP contribution >= 0.6 is 0 Å². The van der Waals surface area contributed by atoms with Crippen molar-refractivity contribution in [3.63, 3.8) is 0 Å². The van der Waals surface area contributed by atoms with Crippen LogP contribution in [0.5, 0.6) is 5.75 Å². The molecule has 0 aliphatic carbocycles. The van der Waals surface area contributed by atoms with Crippen LogP contribution in [0.3, 0.4) is 0 Å². The average Bonchev–Trinajstić information content (AvgIpc) is 2.58. The molecule has 0 aliphatic rings. The van der Waals surface area contributed by atoms with E-state index in [1.54, 1.807) is 25.6 Å². The molecule has 22 heavy (non-hydrogen) atoms. The summed E-state index contributed by atoms with van der Waals surface area (Å²) in [6, 6.07) is 14.6. The van der Waals surface area contributed by atoms with Gasteiger partial charge in [0.15, 0.2) is 0 Å². The summed E-state index contributed by atoms with van der Waals surface area (Å²) in [4.78, 5) is 15.9. The van der Waals surface area contributed by atoms with Gasteiger partial charge < -0.3 is 4.74 Å². The Bertz CT molecular complexity index is 811. The van der Waals surface area contributed by atoms with E-state index in [4.69, 9.17) is 4.74 Å². The Kier molecular flexibility index (Phi) is 3.96. The van der Waals surface area contributed by atoms with Crippen molar-refractivity contribution in [1.29, 1.82) is 0 Å². The molecule has 110 valence electrons. The van der Waals surface area contributed by atoms with Gasteiger partial charge in [0.2, 0.25) is 0 Å². The Balaban J connectivity index is 1.93. The molecule has 0 atom stereocenters. The van der Waals surface area contributed by atoms with Gasteiger partial charge in [-0.15, -0.1) is 0 Å². The summed E-state index contributed by atoms with van der Waals surface area (Å²) in [7, 11) is 1.63. The Labute approximate surface area is 127 Å². The Hall–Kier alpha value is -2.95. The molecule has 2 aromatic heterocycles. The van der Waals surface area contributed by atoms with E-state index in [1.807, 2.05) is 36.4 Å². The van der Waals surface area contributed by atoms with Gasteiger partial charge in [-0.2, -0.15) is 5.10 Å². The first-order valence-corrected chi connectivity index (χ1v) is 6.88. The molecule has 2 heterocycles. The summed E-state index contributed by atoms with van der Waals surface area (Å²) in [6.45, 7) is 0.422. The topological polar surface area (TPSA) is 57.0 Å². The highest BCUT2D eigenvalue weighted by Crippen LogP contribution is 2.19. The molecule has 0 unspecified atom stereocenters. The lowest BCUT2D eigenvalue weighted by atomic mass is 10.1. The lowest BCUT2D eigenvalue weighted by molar-refractivity contribution is 0.415. The second-order valence-corrected chi connectivity index (χ2v) is 4.80. The van der Waals surface area contributed by atoms with Crippen molar-refractivity contribution in [1.82, 2.24) is 14.8 Å². The van der Waals surface area contributed by atoms with Crippen molar-refractivity contribution >= 4 is 0 Å². The van der Waals surface area contributed by atoms with E-state index in [0.717, 1.165) is 22.6 Å². The number of pyridine rings is 1. The van der Waals surface area contributed by atoms with E-state index < -0.39 is 0 Å². The van der Waals surface area contributed by atoms with Gasteiger partial charge in [-0.3, -0.25) is 9.78 Å². The Morgan fingerprint density at radius 3 is 2.41 bits per heavy atom. The van der Waals surface area contributed by atoms with Crippen molar-refractivity contribution in [2.75, 3.05) is 7.11 Å². The van der Waals surface area contributed by atoms with Gasteiger partial charge >= 0.3 is 0 Å². The summed E-state index contributed by atoms with van der Waals surface area (Å²) in [5, 5.41) is 4.44. The monoisotopic (exact) mass is 293 g/mol. The van der Waals surface area contributed by atoms with Crippen LogP contribution in [-0.2, 0) is 6.54 Å². The van der Waals surface area contributed by atoms with Crippen LogP contribution in [0.4, 0.5) is 0 Å². The molecule has 1 aromatic carbocycles.